The van der Waals surface area contributed by atoms with Gasteiger partial charge in [0.25, 0.3) is 0 Å². The van der Waals surface area contributed by atoms with E-state index in [4.69, 9.17) is 17.4 Å². The van der Waals surface area contributed by atoms with Gasteiger partial charge in [0.1, 0.15) is 0 Å². The maximum atomic E-state index is 6.12. The van der Waals surface area contributed by atoms with Crippen LogP contribution in [0.2, 0.25) is 5.02 Å². The molecule has 16 heavy (non-hydrogen) atoms. The second-order valence-corrected chi connectivity index (χ2v) is 5.89. The van der Waals surface area contributed by atoms with Crippen LogP contribution in [0, 0.1) is 3.57 Å². The third-order valence-corrected chi connectivity index (χ3v) is 4.35. The van der Waals surface area contributed by atoms with Crippen molar-refractivity contribution in [1.29, 1.82) is 0 Å². The van der Waals surface area contributed by atoms with E-state index in [-0.39, 0.29) is 6.04 Å². The SMILES string of the molecule is NNC(c1cccc(I)c1)c1sccc1Cl. The van der Waals surface area contributed by atoms with Crippen molar-refractivity contribution in [1.82, 2.24) is 5.43 Å². The van der Waals surface area contributed by atoms with Crippen molar-refractivity contribution in [3.05, 3.63) is 54.7 Å². The summed E-state index contributed by atoms with van der Waals surface area (Å²) in [6, 6.07) is 10.1. The van der Waals surface area contributed by atoms with Crippen LogP contribution in [0.3, 0.4) is 0 Å². The normalized spacial score (nSPS) is 12.7. The molecular formula is C11H10ClIN2S. The number of nitrogens with one attached hydrogen (secondary N) is 1. The van der Waals surface area contributed by atoms with E-state index in [9.17, 15) is 0 Å². The number of halogens is 2. The van der Waals surface area contributed by atoms with Crippen LogP contribution in [0.4, 0.5) is 0 Å². The first-order valence-corrected chi connectivity index (χ1v) is 7.00. The quantitative estimate of drug-likeness (QED) is 0.496. The Bertz CT molecular complexity index is 486. The van der Waals surface area contributed by atoms with E-state index in [2.05, 4.69) is 34.1 Å². The number of thiophene rings is 1. The van der Waals surface area contributed by atoms with Crippen molar-refractivity contribution in [2.75, 3.05) is 0 Å². The van der Waals surface area contributed by atoms with Gasteiger partial charge in [-0.1, -0.05) is 23.7 Å². The van der Waals surface area contributed by atoms with Gasteiger partial charge in [-0.2, -0.15) is 0 Å². The summed E-state index contributed by atoms with van der Waals surface area (Å²) in [7, 11) is 0. The van der Waals surface area contributed by atoms with Crippen LogP contribution in [-0.2, 0) is 0 Å². The molecule has 2 rings (SSSR count). The topological polar surface area (TPSA) is 38.0 Å². The zero-order valence-electron chi connectivity index (χ0n) is 8.28. The maximum absolute atomic E-state index is 6.12. The molecule has 1 aromatic heterocycles. The minimum absolute atomic E-state index is 0.0396. The Kier molecular flexibility index (Phi) is 4.21. The van der Waals surface area contributed by atoms with Gasteiger partial charge in [-0.15, -0.1) is 11.3 Å². The molecule has 0 saturated heterocycles. The summed E-state index contributed by atoms with van der Waals surface area (Å²) in [5, 5.41) is 2.72. The van der Waals surface area contributed by atoms with Crippen LogP contribution in [0.15, 0.2) is 35.7 Å². The Balaban J connectivity index is 2.40. The highest BCUT2D eigenvalue weighted by Crippen LogP contribution is 2.32. The maximum Gasteiger partial charge on any atom is 0.0817 e. The Morgan fingerprint density at radius 1 is 1.38 bits per heavy atom. The zero-order chi connectivity index (χ0) is 11.5. The lowest BCUT2D eigenvalue weighted by Gasteiger charge is -2.15. The fourth-order valence-corrected chi connectivity index (χ4v) is 3.34. The summed E-state index contributed by atoms with van der Waals surface area (Å²) in [4.78, 5) is 1.05. The molecule has 0 spiro atoms. The van der Waals surface area contributed by atoms with Crippen molar-refractivity contribution in [2.45, 2.75) is 6.04 Å². The van der Waals surface area contributed by atoms with Crippen LogP contribution in [0.25, 0.3) is 0 Å². The van der Waals surface area contributed by atoms with Gasteiger partial charge in [0, 0.05) is 8.45 Å². The van der Waals surface area contributed by atoms with Crippen LogP contribution < -0.4 is 11.3 Å². The first-order valence-electron chi connectivity index (χ1n) is 4.67. The summed E-state index contributed by atoms with van der Waals surface area (Å²) in [6.45, 7) is 0. The molecule has 1 heterocycles. The van der Waals surface area contributed by atoms with Crippen molar-refractivity contribution < 1.29 is 0 Å². The molecule has 0 aliphatic heterocycles. The molecule has 0 saturated carbocycles. The molecule has 84 valence electrons. The van der Waals surface area contributed by atoms with Crippen molar-refractivity contribution in [3.8, 4) is 0 Å². The molecule has 0 aliphatic carbocycles. The monoisotopic (exact) mass is 364 g/mol. The highest BCUT2D eigenvalue weighted by atomic mass is 127. The third kappa shape index (κ3) is 2.57. The van der Waals surface area contributed by atoms with Crippen LogP contribution >= 0.6 is 45.5 Å². The molecule has 1 unspecified atom stereocenters. The van der Waals surface area contributed by atoms with Gasteiger partial charge >= 0.3 is 0 Å². The molecule has 0 fully saturated rings. The summed E-state index contributed by atoms with van der Waals surface area (Å²) in [6.07, 6.45) is 0. The van der Waals surface area contributed by atoms with Crippen molar-refractivity contribution >= 4 is 45.5 Å². The minimum atomic E-state index is -0.0396. The number of hydrazine groups is 1. The average molecular weight is 365 g/mol. The van der Waals surface area contributed by atoms with Crippen LogP contribution in [0.5, 0.6) is 0 Å². The lowest BCUT2D eigenvalue weighted by Crippen LogP contribution is -2.28. The van der Waals surface area contributed by atoms with E-state index in [1.807, 2.05) is 29.6 Å². The van der Waals surface area contributed by atoms with Gasteiger partial charge in [0.2, 0.25) is 0 Å². The fraction of sp³-hybridized carbons (Fsp3) is 0.0909. The number of nitrogens with two attached hydrogens (primary N) is 1. The fourth-order valence-electron chi connectivity index (χ4n) is 1.52. The standard InChI is InChI=1S/C11H10ClIN2S/c12-9-4-5-16-11(9)10(15-14)7-2-1-3-8(13)6-7/h1-6,10,15H,14H2. The largest absolute Gasteiger partial charge is 0.271 e. The zero-order valence-corrected chi connectivity index (χ0v) is 12.0. The number of rotatable bonds is 3. The molecule has 5 heteroatoms. The van der Waals surface area contributed by atoms with Crippen molar-refractivity contribution in [2.24, 2.45) is 5.84 Å². The van der Waals surface area contributed by atoms with Gasteiger partial charge in [-0.3, -0.25) is 5.84 Å². The second-order valence-electron chi connectivity index (χ2n) is 3.29. The van der Waals surface area contributed by atoms with E-state index < -0.39 is 0 Å². The van der Waals surface area contributed by atoms with E-state index in [1.54, 1.807) is 11.3 Å². The van der Waals surface area contributed by atoms with E-state index in [0.29, 0.717) is 0 Å². The van der Waals surface area contributed by atoms with Crippen LogP contribution in [0.1, 0.15) is 16.5 Å². The highest BCUT2D eigenvalue weighted by molar-refractivity contribution is 14.1. The molecule has 1 aromatic carbocycles. The first-order chi connectivity index (χ1) is 7.72. The molecule has 2 nitrogen and oxygen atoms in total. The highest BCUT2D eigenvalue weighted by Gasteiger charge is 2.16. The van der Waals surface area contributed by atoms with Gasteiger partial charge in [-0.05, 0) is 51.7 Å². The molecule has 0 bridgehead atoms. The molecular weight excluding hydrogens is 355 g/mol. The predicted octanol–water partition coefficient (Wildman–Crippen LogP) is 3.56. The Hall–Kier alpha value is -0.140. The summed E-state index contributed by atoms with van der Waals surface area (Å²) < 4.78 is 1.18. The van der Waals surface area contributed by atoms with E-state index in [0.717, 1.165) is 15.5 Å². The Labute approximate surface area is 117 Å². The van der Waals surface area contributed by atoms with Crippen LogP contribution in [-0.4, -0.2) is 0 Å². The Morgan fingerprint density at radius 2 is 2.19 bits per heavy atom. The molecule has 0 amide bonds. The Morgan fingerprint density at radius 3 is 2.75 bits per heavy atom. The number of benzene rings is 1. The molecule has 0 aliphatic rings. The first kappa shape index (κ1) is 12.3. The summed E-state index contributed by atoms with van der Waals surface area (Å²) in [5.41, 5.74) is 3.94. The molecule has 2 aromatic rings. The molecule has 0 radical (unpaired) electrons. The molecule has 3 N–H and O–H groups in total. The summed E-state index contributed by atoms with van der Waals surface area (Å²) in [5.74, 6) is 5.61. The van der Waals surface area contributed by atoms with Gasteiger partial charge in [0.15, 0.2) is 0 Å². The second kappa shape index (κ2) is 5.46. The average Bonchev–Trinajstić information content (AvgIpc) is 2.67. The lowest BCUT2D eigenvalue weighted by molar-refractivity contribution is 0.646. The van der Waals surface area contributed by atoms with E-state index in [1.165, 1.54) is 3.57 Å². The number of hydrogen-bond donors (Lipinski definition) is 2. The van der Waals surface area contributed by atoms with Gasteiger partial charge in [-0.25, -0.2) is 5.43 Å². The predicted molar refractivity (Wildman–Crippen MR) is 77.7 cm³/mol. The minimum Gasteiger partial charge on any atom is -0.271 e. The van der Waals surface area contributed by atoms with Gasteiger partial charge in [0.05, 0.1) is 11.1 Å². The van der Waals surface area contributed by atoms with Crippen molar-refractivity contribution in [3.63, 3.8) is 0 Å². The smallest absolute Gasteiger partial charge is 0.0817 e. The third-order valence-electron chi connectivity index (χ3n) is 2.26. The van der Waals surface area contributed by atoms with Gasteiger partial charge < -0.3 is 0 Å². The number of hydrogen-bond acceptors (Lipinski definition) is 3. The van der Waals surface area contributed by atoms with E-state index >= 15 is 0 Å². The molecule has 1 atom stereocenters. The summed E-state index contributed by atoms with van der Waals surface area (Å²) >= 11 is 10.0. The lowest BCUT2D eigenvalue weighted by atomic mass is 10.1.